The lowest BCUT2D eigenvalue weighted by Crippen LogP contribution is -2.34. The molecular weight excluding hydrogens is 446 g/mol. The van der Waals surface area contributed by atoms with Crippen molar-refractivity contribution in [3.63, 3.8) is 0 Å². The van der Waals surface area contributed by atoms with Crippen LogP contribution >= 0.6 is 39.5 Å². The van der Waals surface area contributed by atoms with Crippen molar-refractivity contribution >= 4 is 55.5 Å². The molecule has 8 heteroatoms. The number of ether oxygens (including phenoxy) is 1. The van der Waals surface area contributed by atoms with Gasteiger partial charge in [-0.15, -0.1) is 11.3 Å². The number of nitriles is 1. The van der Waals surface area contributed by atoms with E-state index in [4.69, 9.17) is 17.0 Å². The number of aryl methyl sites for hydroxylation is 1. The minimum absolute atomic E-state index is 0.165. The van der Waals surface area contributed by atoms with E-state index >= 15 is 0 Å². The monoisotopic (exact) mass is 463 g/mol. The Hall–Kier alpha value is -1.95. The molecule has 1 heterocycles. The first-order valence-corrected chi connectivity index (χ1v) is 10.6. The molecule has 2 N–H and O–H groups in total. The lowest BCUT2D eigenvalue weighted by atomic mass is 10.1. The summed E-state index contributed by atoms with van der Waals surface area (Å²) >= 11 is 10.2. The second-order valence-corrected chi connectivity index (χ2v) is 8.50. The molecular formula is C19H18BrN3O2S2. The van der Waals surface area contributed by atoms with E-state index in [2.05, 4.69) is 32.6 Å². The van der Waals surface area contributed by atoms with Crippen LogP contribution in [-0.4, -0.2) is 17.6 Å². The molecule has 1 aromatic heterocycles. The highest BCUT2D eigenvalue weighted by Gasteiger charge is 2.23. The number of halogens is 1. The van der Waals surface area contributed by atoms with Gasteiger partial charge in [0.25, 0.3) is 5.91 Å². The van der Waals surface area contributed by atoms with E-state index in [0.717, 1.165) is 35.7 Å². The van der Waals surface area contributed by atoms with Crippen LogP contribution in [0.15, 0.2) is 22.7 Å². The third-order valence-electron chi connectivity index (χ3n) is 4.14. The zero-order valence-corrected chi connectivity index (χ0v) is 17.9. The van der Waals surface area contributed by atoms with E-state index in [1.807, 2.05) is 13.0 Å². The van der Waals surface area contributed by atoms with Crippen molar-refractivity contribution in [2.75, 3.05) is 11.9 Å². The SMILES string of the molecule is CCCOc1ccc(Br)cc1C(=O)NC(=S)Nc1sc2c(c1C#N)CCC2. The van der Waals surface area contributed by atoms with Crippen molar-refractivity contribution in [1.82, 2.24) is 5.32 Å². The predicted molar refractivity (Wildman–Crippen MR) is 115 cm³/mol. The largest absolute Gasteiger partial charge is 0.493 e. The number of hydrogen-bond acceptors (Lipinski definition) is 5. The maximum absolute atomic E-state index is 12.7. The first-order valence-electron chi connectivity index (χ1n) is 8.62. The summed E-state index contributed by atoms with van der Waals surface area (Å²) in [6.45, 7) is 2.53. The Balaban J connectivity index is 1.73. The van der Waals surface area contributed by atoms with Gasteiger partial charge in [-0.05, 0) is 61.7 Å². The summed E-state index contributed by atoms with van der Waals surface area (Å²) in [6, 6.07) is 7.53. The summed E-state index contributed by atoms with van der Waals surface area (Å²) in [5.74, 6) is 0.149. The summed E-state index contributed by atoms with van der Waals surface area (Å²) in [7, 11) is 0. The van der Waals surface area contributed by atoms with Gasteiger partial charge in [-0.2, -0.15) is 5.26 Å². The number of hydrogen-bond donors (Lipinski definition) is 2. The van der Waals surface area contributed by atoms with Crippen LogP contribution < -0.4 is 15.4 Å². The molecule has 2 aromatic rings. The van der Waals surface area contributed by atoms with E-state index in [-0.39, 0.29) is 11.0 Å². The average molecular weight is 464 g/mol. The quantitative estimate of drug-likeness (QED) is 0.623. The molecule has 0 fully saturated rings. The topological polar surface area (TPSA) is 74.2 Å². The molecule has 1 aliphatic rings. The maximum atomic E-state index is 12.7. The molecule has 0 atom stereocenters. The van der Waals surface area contributed by atoms with Gasteiger partial charge in [0.15, 0.2) is 5.11 Å². The van der Waals surface area contributed by atoms with Gasteiger partial charge in [-0.25, -0.2) is 0 Å². The van der Waals surface area contributed by atoms with Crippen molar-refractivity contribution in [2.45, 2.75) is 32.6 Å². The number of nitrogens with zero attached hydrogens (tertiary/aromatic N) is 1. The Morgan fingerprint density at radius 1 is 1.44 bits per heavy atom. The lowest BCUT2D eigenvalue weighted by molar-refractivity contribution is 0.0973. The van der Waals surface area contributed by atoms with Crippen LogP contribution in [0.1, 0.15) is 46.1 Å². The molecule has 27 heavy (non-hydrogen) atoms. The third kappa shape index (κ3) is 4.49. The fraction of sp³-hybridized carbons (Fsp3) is 0.316. The van der Waals surface area contributed by atoms with Gasteiger partial charge < -0.3 is 10.1 Å². The zero-order valence-electron chi connectivity index (χ0n) is 14.7. The Labute approximate surface area is 175 Å². The van der Waals surface area contributed by atoms with Crippen molar-refractivity contribution in [3.05, 3.63) is 44.2 Å². The molecule has 0 saturated heterocycles. The highest BCUT2D eigenvalue weighted by atomic mass is 79.9. The van der Waals surface area contributed by atoms with Gasteiger partial charge in [0.2, 0.25) is 0 Å². The number of rotatable bonds is 5. The summed E-state index contributed by atoms with van der Waals surface area (Å²) < 4.78 is 6.43. The van der Waals surface area contributed by atoms with Gasteiger partial charge in [-0.1, -0.05) is 22.9 Å². The summed E-state index contributed by atoms with van der Waals surface area (Å²) in [5, 5.41) is 16.0. The molecule has 0 saturated carbocycles. The average Bonchev–Trinajstić information content (AvgIpc) is 3.21. The molecule has 5 nitrogen and oxygen atoms in total. The van der Waals surface area contributed by atoms with E-state index < -0.39 is 0 Å². The van der Waals surface area contributed by atoms with Gasteiger partial charge in [-0.3, -0.25) is 10.1 Å². The van der Waals surface area contributed by atoms with Crippen molar-refractivity contribution in [1.29, 1.82) is 5.26 Å². The third-order valence-corrected chi connectivity index (χ3v) is 6.04. The molecule has 0 unspecified atom stereocenters. The molecule has 1 aliphatic carbocycles. The normalized spacial score (nSPS) is 12.2. The maximum Gasteiger partial charge on any atom is 0.261 e. The van der Waals surface area contributed by atoms with Crippen LogP contribution in [0, 0.1) is 11.3 Å². The Bertz CT molecular complexity index is 934. The van der Waals surface area contributed by atoms with Crippen LogP contribution in [0.5, 0.6) is 5.75 Å². The summed E-state index contributed by atoms with van der Waals surface area (Å²) in [5.41, 5.74) is 2.15. The number of carbonyl (C=O) groups excluding carboxylic acids is 1. The molecule has 1 aromatic carbocycles. The number of anilines is 1. The van der Waals surface area contributed by atoms with Crippen molar-refractivity contribution in [2.24, 2.45) is 0 Å². The van der Waals surface area contributed by atoms with E-state index in [9.17, 15) is 10.1 Å². The van der Waals surface area contributed by atoms with E-state index in [1.54, 1.807) is 12.1 Å². The second kappa shape index (κ2) is 8.83. The highest BCUT2D eigenvalue weighted by molar-refractivity contribution is 9.10. The predicted octanol–water partition coefficient (Wildman–Crippen LogP) is 4.79. The Morgan fingerprint density at radius 2 is 2.26 bits per heavy atom. The summed E-state index contributed by atoms with van der Waals surface area (Å²) in [6.07, 6.45) is 3.84. The number of nitrogens with one attached hydrogen (secondary N) is 2. The smallest absolute Gasteiger partial charge is 0.261 e. The van der Waals surface area contributed by atoms with Crippen LogP contribution in [0.3, 0.4) is 0 Å². The zero-order chi connectivity index (χ0) is 19.4. The van der Waals surface area contributed by atoms with Crippen molar-refractivity contribution in [3.8, 4) is 11.8 Å². The fourth-order valence-corrected chi connectivity index (χ4v) is 4.80. The molecule has 1 amide bonds. The second-order valence-electron chi connectivity index (χ2n) is 6.07. The van der Waals surface area contributed by atoms with E-state index in [0.29, 0.717) is 28.5 Å². The van der Waals surface area contributed by atoms with E-state index in [1.165, 1.54) is 16.2 Å². The first-order chi connectivity index (χ1) is 13.0. The van der Waals surface area contributed by atoms with Crippen molar-refractivity contribution < 1.29 is 9.53 Å². The highest BCUT2D eigenvalue weighted by Crippen LogP contribution is 2.38. The Kier molecular flexibility index (Phi) is 6.47. The molecule has 0 aliphatic heterocycles. The lowest BCUT2D eigenvalue weighted by Gasteiger charge is -2.13. The van der Waals surface area contributed by atoms with Crippen LogP contribution in [0.25, 0.3) is 0 Å². The number of amides is 1. The number of fused-ring (bicyclic) bond motifs is 1. The minimum Gasteiger partial charge on any atom is -0.493 e. The van der Waals surface area contributed by atoms with Gasteiger partial charge in [0.05, 0.1) is 17.7 Å². The number of carbonyl (C=O) groups is 1. The minimum atomic E-state index is -0.359. The molecule has 0 bridgehead atoms. The number of benzene rings is 1. The molecule has 140 valence electrons. The molecule has 3 rings (SSSR count). The molecule has 0 radical (unpaired) electrons. The van der Waals surface area contributed by atoms with Crippen LogP contribution in [0.2, 0.25) is 0 Å². The number of thiophene rings is 1. The van der Waals surface area contributed by atoms with Crippen LogP contribution in [0.4, 0.5) is 5.00 Å². The Morgan fingerprint density at radius 3 is 3.00 bits per heavy atom. The van der Waals surface area contributed by atoms with Gasteiger partial charge in [0, 0.05) is 9.35 Å². The first kappa shape index (κ1) is 19.8. The van der Waals surface area contributed by atoms with Gasteiger partial charge >= 0.3 is 0 Å². The molecule has 0 spiro atoms. The standard InChI is InChI=1S/C19H18BrN3O2S2/c1-2-8-25-15-7-6-11(20)9-13(15)17(24)22-19(26)23-18-14(10-21)12-4-3-5-16(12)27-18/h6-7,9H,2-5,8H2,1H3,(H2,22,23,24,26). The van der Waals surface area contributed by atoms with Crippen LogP contribution in [-0.2, 0) is 12.8 Å². The van der Waals surface area contributed by atoms with Gasteiger partial charge in [0.1, 0.15) is 16.8 Å². The number of thiocarbonyl (C=S) groups is 1. The summed E-state index contributed by atoms with van der Waals surface area (Å²) in [4.78, 5) is 13.9. The fourth-order valence-electron chi connectivity index (χ4n) is 2.93.